The summed E-state index contributed by atoms with van der Waals surface area (Å²) < 4.78 is 78.2. The van der Waals surface area contributed by atoms with Crippen molar-refractivity contribution in [3.63, 3.8) is 0 Å². The zero-order valence-electron chi connectivity index (χ0n) is 34.5. The number of carbonyl (C=O) groups excluding carboxylic acids is 2. The lowest BCUT2D eigenvalue weighted by Crippen LogP contribution is -2.27. The molecule has 2 aromatic carbocycles. The maximum Gasteiger partial charge on any atom is 0.508 e. The SMILES string of the molecule is COc1ccccc1Oc1c(NS(=O)(=O)c2ccc(C(C)(C)COC(=O)OCCOCCO[N+](=O)[O-])cc2)nc(-c2ncccn2)nc1OCCOC(=O)OCCOCCO[N+](=O)[O-]. The molecule has 0 amide bonds. The summed E-state index contributed by atoms with van der Waals surface area (Å²) in [6.07, 6.45) is 0.750. The van der Waals surface area contributed by atoms with E-state index in [-0.39, 0.29) is 112 Å². The molecule has 64 heavy (non-hydrogen) atoms. The van der Waals surface area contributed by atoms with Crippen LogP contribution >= 0.6 is 0 Å². The van der Waals surface area contributed by atoms with Crippen LogP contribution in [-0.4, -0.2) is 131 Å². The molecular weight excluding hydrogens is 879 g/mol. The van der Waals surface area contributed by atoms with Crippen LogP contribution in [-0.2, 0) is 53.5 Å². The van der Waals surface area contributed by atoms with Gasteiger partial charge in [0.15, 0.2) is 23.1 Å². The number of nitrogens with zero attached hydrogens (tertiary/aromatic N) is 6. The fraction of sp³-hybridized carbons (Fsp3) is 0.405. The molecule has 0 saturated carbocycles. The van der Waals surface area contributed by atoms with Crippen LogP contribution in [0.1, 0.15) is 19.4 Å². The normalized spacial score (nSPS) is 11.1. The van der Waals surface area contributed by atoms with E-state index in [1.165, 1.54) is 49.8 Å². The predicted octanol–water partition coefficient (Wildman–Crippen LogP) is 3.95. The molecule has 0 spiro atoms. The van der Waals surface area contributed by atoms with Gasteiger partial charge in [0, 0.05) is 17.8 Å². The smallest absolute Gasteiger partial charge is 0.493 e. The van der Waals surface area contributed by atoms with Crippen LogP contribution in [0.3, 0.4) is 0 Å². The minimum absolute atomic E-state index is 0.0186. The van der Waals surface area contributed by atoms with Gasteiger partial charge in [-0.25, -0.2) is 33.0 Å². The second-order valence-electron chi connectivity index (χ2n) is 12.9. The highest BCUT2D eigenvalue weighted by Gasteiger charge is 2.28. The molecule has 0 atom stereocenters. The lowest BCUT2D eigenvalue weighted by atomic mass is 9.86. The van der Waals surface area contributed by atoms with E-state index in [0.717, 1.165) is 0 Å². The van der Waals surface area contributed by atoms with Gasteiger partial charge in [-0.2, -0.15) is 4.98 Å². The number of hydrogen-bond acceptors (Lipinski definition) is 23. The molecular formula is C37H43N7O19S. The maximum absolute atomic E-state index is 14.0. The first kappa shape index (κ1) is 49.3. The largest absolute Gasteiger partial charge is 0.508 e. The Bertz CT molecular complexity index is 2260. The van der Waals surface area contributed by atoms with Gasteiger partial charge in [0.25, 0.3) is 26.1 Å². The highest BCUT2D eigenvalue weighted by atomic mass is 32.2. The number of anilines is 1. The number of sulfonamides is 1. The van der Waals surface area contributed by atoms with Crippen LogP contribution in [0.4, 0.5) is 15.4 Å². The van der Waals surface area contributed by atoms with Crippen LogP contribution in [0.25, 0.3) is 11.6 Å². The molecule has 27 heteroatoms. The number of hydrogen-bond donors (Lipinski definition) is 1. The van der Waals surface area contributed by atoms with Gasteiger partial charge in [0.2, 0.25) is 11.6 Å². The summed E-state index contributed by atoms with van der Waals surface area (Å²) in [5.41, 5.74) is -0.230. The van der Waals surface area contributed by atoms with Crippen molar-refractivity contribution in [1.82, 2.24) is 19.9 Å². The third kappa shape index (κ3) is 16.5. The number of rotatable bonds is 28. The van der Waals surface area contributed by atoms with Crippen molar-refractivity contribution in [3.8, 4) is 34.8 Å². The van der Waals surface area contributed by atoms with Gasteiger partial charge in [0.05, 0.1) is 38.4 Å². The summed E-state index contributed by atoms with van der Waals surface area (Å²) in [6.45, 7) is 1.27. The Morgan fingerprint density at radius 3 is 1.81 bits per heavy atom. The fourth-order valence-electron chi connectivity index (χ4n) is 4.87. The molecule has 4 aromatic rings. The molecule has 0 radical (unpaired) electrons. The summed E-state index contributed by atoms with van der Waals surface area (Å²) in [4.78, 5) is 69.8. The molecule has 0 fully saturated rings. The summed E-state index contributed by atoms with van der Waals surface area (Å²) in [5, 5.41) is 18.4. The first-order chi connectivity index (χ1) is 30.7. The van der Waals surface area contributed by atoms with Crippen molar-refractivity contribution in [2.24, 2.45) is 0 Å². The minimum atomic E-state index is -4.47. The van der Waals surface area contributed by atoms with E-state index in [9.17, 15) is 38.2 Å². The van der Waals surface area contributed by atoms with Crippen LogP contribution in [0.15, 0.2) is 71.9 Å². The van der Waals surface area contributed by atoms with E-state index in [4.69, 9.17) is 42.6 Å². The summed E-state index contributed by atoms with van der Waals surface area (Å²) in [7, 11) is -3.07. The van der Waals surface area contributed by atoms with E-state index in [1.807, 2.05) is 0 Å². The zero-order valence-corrected chi connectivity index (χ0v) is 35.3. The lowest BCUT2D eigenvalue weighted by molar-refractivity contribution is -0.758. The Morgan fingerprint density at radius 2 is 1.23 bits per heavy atom. The zero-order chi connectivity index (χ0) is 46.4. The van der Waals surface area contributed by atoms with Crippen molar-refractivity contribution in [2.75, 3.05) is 84.5 Å². The number of benzene rings is 2. The van der Waals surface area contributed by atoms with E-state index < -0.39 is 43.7 Å². The summed E-state index contributed by atoms with van der Waals surface area (Å²) >= 11 is 0. The molecule has 0 bridgehead atoms. The average Bonchev–Trinajstić information content (AvgIpc) is 3.27. The molecule has 2 heterocycles. The van der Waals surface area contributed by atoms with Gasteiger partial charge in [-0.15, -0.1) is 20.2 Å². The third-order valence-electron chi connectivity index (χ3n) is 7.90. The van der Waals surface area contributed by atoms with E-state index >= 15 is 0 Å². The number of para-hydroxylation sites is 2. The number of aromatic nitrogens is 4. The number of ether oxygens (including phenoxy) is 9. The minimum Gasteiger partial charge on any atom is -0.493 e. The highest BCUT2D eigenvalue weighted by molar-refractivity contribution is 7.92. The summed E-state index contributed by atoms with van der Waals surface area (Å²) in [5.74, 6) is -0.903. The number of carbonyl (C=O) groups is 2. The fourth-order valence-corrected chi connectivity index (χ4v) is 5.88. The van der Waals surface area contributed by atoms with Crippen LogP contribution in [0.2, 0.25) is 0 Å². The van der Waals surface area contributed by atoms with Gasteiger partial charge in [0.1, 0.15) is 46.2 Å². The average molecular weight is 922 g/mol. The van der Waals surface area contributed by atoms with Crippen LogP contribution in [0.5, 0.6) is 23.1 Å². The standard InChI is InChI=1S/C37H43N7O19S/c1-37(2,25-60-36(46)58-20-16-55-18-24-62-44(49)50)26-9-11-27(12-10-26)64(51,52)42-31-30(63-29-8-5-4-7-28(29)53-3)34(41-33(40-31)32-38-13-6-14-39-32)56-21-22-59-35(45)57-19-15-54-17-23-61-43(47)48/h4-14H,15-25H2,1-3H3,(H,40,41,42). The molecule has 2 aromatic heterocycles. The Hall–Kier alpha value is -7.39. The highest BCUT2D eigenvalue weighted by Crippen LogP contribution is 2.41. The Morgan fingerprint density at radius 1 is 0.688 bits per heavy atom. The molecule has 1 N–H and O–H groups in total. The molecule has 4 rings (SSSR count). The predicted molar refractivity (Wildman–Crippen MR) is 214 cm³/mol. The van der Waals surface area contributed by atoms with Crippen molar-refractivity contribution >= 4 is 28.2 Å². The van der Waals surface area contributed by atoms with Crippen molar-refractivity contribution < 1.29 is 80.5 Å². The number of methoxy groups -OCH3 is 1. The van der Waals surface area contributed by atoms with Gasteiger partial charge < -0.3 is 52.3 Å². The quantitative estimate of drug-likeness (QED) is 0.0365. The van der Waals surface area contributed by atoms with Gasteiger partial charge in [-0.3, -0.25) is 4.72 Å². The second kappa shape index (κ2) is 24.9. The summed E-state index contributed by atoms with van der Waals surface area (Å²) in [6, 6.07) is 13.7. The molecule has 26 nitrogen and oxygen atoms in total. The molecule has 346 valence electrons. The maximum atomic E-state index is 14.0. The monoisotopic (exact) mass is 921 g/mol. The molecule has 0 aliphatic heterocycles. The van der Waals surface area contributed by atoms with Crippen LogP contribution in [0, 0.1) is 20.2 Å². The van der Waals surface area contributed by atoms with Crippen LogP contribution < -0.4 is 18.9 Å². The molecule has 0 aliphatic rings. The van der Waals surface area contributed by atoms with Crippen molar-refractivity contribution in [1.29, 1.82) is 0 Å². The third-order valence-corrected chi connectivity index (χ3v) is 9.25. The first-order valence-corrected chi connectivity index (χ1v) is 20.2. The van der Waals surface area contributed by atoms with Crippen molar-refractivity contribution in [2.45, 2.75) is 24.2 Å². The first-order valence-electron chi connectivity index (χ1n) is 18.7. The Kier molecular flexibility index (Phi) is 19.2. The number of nitrogens with one attached hydrogen (secondary N) is 1. The van der Waals surface area contributed by atoms with E-state index in [1.54, 1.807) is 38.1 Å². The van der Waals surface area contributed by atoms with Crippen molar-refractivity contribution in [3.05, 3.63) is 92.8 Å². The van der Waals surface area contributed by atoms with Gasteiger partial charge >= 0.3 is 12.3 Å². The van der Waals surface area contributed by atoms with E-state index in [2.05, 4.69) is 34.3 Å². The van der Waals surface area contributed by atoms with Gasteiger partial charge in [-0.1, -0.05) is 38.1 Å². The van der Waals surface area contributed by atoms with E-state index in [0.29, 0.717) is 5.56 Å². The molecule has 0 aliphatic carbocycles. The molecule has 0 saturated heterocycles. The second-order valence-corrected chi connectivity index (χ2v) is 14.6. The Balaban J connectivity index is 1.50. The van der Waals surface area contributed by atoms with Gasteiger partial charge in [-0.05, 0) is 35.9 Å². The Labute approximate surface area is 364 Å². The lowest BCUT2D eigenvalue weighted by Gasteiger charge is -2.25. The molecule has 0 unspecified atom stereocenters. The topological polar surface area (TPSA) is 320 Å².